The van der Waals surface area contributed by atoms with E-state index in [1.807, 2.05) is 0 Å². The van der Waals surface area contributed by atoms with E-state index in [0.29, 0.717) is 11.5 Å². The second-order valence-electron chi connectivity index (χ2n) is 5.35. The van der Waals surface area contributed by atoms with Crippen LogP contribution in [0.1, 0.15) is 16.2 Å². The van der Waals surface area contributed by atoms with Gasteiger partial charge in [0.1, 0.15) is 5.75 Å². The average molecular weight is 382 g/mol. The Morgan fingerprint density at radius 3 is 2.89 bits per heavy atom. The van der Waals surface area contributed by atoms with E-state index in [4.69, 9.17) is 4.52 Å². The van der Waals surface area contributed by atoms with Gasteiger partial charge >= 0.3 is 6.36 Å². The molecule has 1 amide bonds. The van der Waals surface area contributed by atoms with Crippen molar-refractivity contribution < 1.29 is 27.2 Å². The maximum atomic E-state index is 12.2. The van der Waals surface area contributed by atoms with Crippen LogP contribution in [0, 0.1) is 6.92 Å². The van der Waals surface area contributed by atoms with Crippen molar-refractivity contribution in [3.8, 4) is 17.3 Å². The van der Waals surface area contributed by atoms with Crippen molar-refractivity contribution in [1.29, 1.82) is 0 Å². The van der Waals surface area contributed by atoms with E-state index in [1.165, 1.54) is 16.8 Å². The van der Waals surface area contributed by atoms with Crippen LogP contribution < -0.4 is 10.1 Å². The maximum absolute atomic E-state index is 12.2. The lowest BCUT2D eigenvalue weighted by Gasteiger charge is -2.10. The number of aromatic nitrogens is 5. The molecule has 9 nitrogen and oxygen atoms in total. The van der Waals surface area contributed by atoms with Crippen LogP contribution in [0.15, 0.2) is 35.0 Å². The number of nitrogens with one attached hydrogen (secondary N) is 1. The summed E-state index contributed by atoms with van der Waals surface area (Å²) >= 11 is 0. The number of ether oxygens (including phenoxy) is 1. The Balaban J connectivity index is 1.54. The molecule has 12 heteroatoms. The van der Waals surface area contributed by atoms with Crippen LogP contribution in [-0.2, 0) is 6.54 Å². The maximum Gasteiger partial charge on any atom is 0.573 e. The molecule has 0 spiro atoms. The van der Waals surface area contributed by atoms with Crippen molar-refractivity contribution in [2.75, 3.05) is 6.54 Å². The molecule has 0 atom stereocenters. The van der Waals surface area contributed by atoms with E-state index < -0.39 is 18.0 Å². The molecule has 0 saturated carbocycles. The van der Waals surface area contributed by atoms with Crippen molar-refractivity contribution in [1.82, 2.24) is 30.5 Å². The SMILES string of the molecule is Cc1noc(-c2cn(CCNC(=O)c3cccc(OC(F)(F)F)c3)nn2)n1. The smallest absolute Gasteiger partial charge is 0.406 e. The molecule has 2 heterocycles. The van der Waals surface area contributed by atoms with Crippen molar-refractivity contribution in [3.63, 3.8) is 0 Å². The fourth-order valence-corrected chi connectivity index (χ4v) is 2.13. The molecule has 0 radical (unpaired) electrons. The Bertz CT molecular complexity index is 937. The van der Waals surface area contributed by atoms with Crippen LogP contribution in [0.4, 0.5) is 13.2 Å². The summed E-state index contributed by atoms with van der Waals surface area (Å²) in [7, 11) is 0. The Hall–Kier alpha value is -3.44. The van der Waals surface area contributed by atoms with Crippen molar-refractivity contribution >= 4 is 5.91 Å². The van der Waals surface area contributed by atoms with Gasteiger partial charge in [-0.2, -0.15) is 4.98 Å². The number of benzene rings is 1. The third kappa shape index (κ3) is 5.03. The molecular weight excluding hydrogens is 369 g/mol. The van der Waals surface area contributed by atoms with Gasteiger partial charge in [-0.25, -0.2) is 4.68 Å². The monoisotopic (exact) mass is 382 g/mol. The average Bonchev–Trinajstić information content (AvgIpc) is 3.22. The largest absolute Gasteiger partial charge is 0.573 e. The first-order valence-electron chi connectivity index (χ1n) is 7.65. The zero-order valence-corrected chi connectivity index (χ0v) is 13.9. The predicted octanol–water partition coefficient (Wildman–Crippen LogP) is 1.97. The van der Waals surface area contributed by atoms with Crippen LogP contribution in [0.3, 0.4) is 0 Å². The van der Waals surface area contributed by atoms with Crippen LogP contribution >= 0.6 is 0 Å². The normalized spacial score (nSPS) is 11.4. The van der Waals surface area contributed by atoms with E-state index in [2.05, 4.69) is 30.5 Å². The first-order valence-corrected chi connectivity index (χ1v) is 7.65. The lowest BCUT2D eigenvalue weighted by atomic mass is 10.2. The first-order chi connectivity index (χ1) is 12.8. The molecule has 142 valence electrons. The molecule has 3 rings (SSSR count). The summed E-state index contributed by atoms with van der Waals surface area (Å²) in [5, 5.41) is 14.0. The van der Waals surface area contributed by atoms with Gasteiger partial charge in [-0.15, -0.1) is 18.3 Å². The lowest BCUT2D eigenvalue weighted by Crippen LogP contribution is -2.27. The number of alkyl halides is 3. The molecule has 3 aromatic rings. The van der Waals surface area contributed by atoms with Gasteiger partial charge in [0.2, 0.25) is 0 Å². The van der Waals surface area contributed by atoms with E-state index in [1.54, 1.807) is 13.1 Å². The summed E-state index contributed by atoms with van der Waals surface area (Å²) < 4.78 is 46.9. The van der Waals surface area contributed by atoms with Crippen molar-refractivity contribution in [2.45, 2.75) is 19.8 Å². The van der Waals surface area contributed by atoms with E-state index in [0.717, 1.165) is 12.1 Å². The molecule has 0 unspecified atom stereocenters. The number of rotatable bonds is 6. The van der Waals surface area contributed by atoms with Crippen LogP contribution in [0.2, 0.25) is 0 Å². The topological polar surface area (TPSA) is 108 Å². The Kier molecular flexibility index (Phi) is 5.05. The molecule has 2 aromatic heterocycles. The summed E-state index contributed by atoms with van der Waals surface area (Å²) in [6.07, 6.45) is -3.26. The number of carbonyl (C=O) groups excluding carboxylic acids is 1. The second kappa shape index (κ2) is 7.43. The molecule has 27 heavy (non-hydrogen) atoms. The molecule has 0 aliphatic carbocycles. The predicted molar refractivity (Wildman–Crippen MR) is 83.5 cm³/mol. The van der Waals surface area contributed by atoms with Crippen molar-refractivity contribution in [3.05, 3.63) is 41.9 Å². The van der Waals surface area contributed by atoms with E-state index in [-0.39, 0.29) is 24.5 Å². The molecule has 0 fully saturated rings. The Morgan fingerprint density at radius 2 is 2.19 bits per heavy atom. The summed E-state index contributed by atoms with van der Waals surface area (Å²) in [4.78, 5) is 16.1. The summed E-state index contributed by atoms with van der Waals surface area (Å²) in [6, 6.07) is 4.80. The number of halogens is 3. The zero-order valence-electron chi connectivity index (χ0n) is 13.9. The molecule has 0 saturated heterocycles. The third-order valence-corrected chi connectivity index (χ3v) is 3.24. The molecule has 0 bridgehead atoms. The summed E-state index contributed by atoms with van der Waals surface area (Å²) in [5.41, 5.74) is 0.427. The highest BCUT2D eigenvalue weighted by molar-refractivity contribution is 5.94. The van der Waals surface area contributed by atoms with Gasteiger partial charge in [0.25, 0.3) is 11.8 Å². The van der Waals surface area contributed by atoms with Gasteiger partial charge in [-0.05, 0) is 25.1 Å². The molecule has 1 N–H and O–H groups in total. The van der Waals surface area contributed by atoms with Crippen LogP contribution in [0.5, 0.6) is 5.75 Å². The highest BCUT2D eigenvalue weighted by Crippen LogP contribution is 2.23. The van der Waals surface area contributed by atoms with Crippen LogP contribution in [-0.4, -0.2) is 43.9 Å². The number of amides is 1. The van der Waals surface area contributed by atoms with E-state index >= 15 is 0 Å². The summed E-state index contributed by atoms with van der Waals surface area (Å²) in [6.45, 7) is 2.13. The second-order valence-corrected chi connectivity index (χ2v) is 5.35. The molecule has 1 aromatic carbocycles. The minimum atomic E-state index is -4.82. The van der Waals surface area contributed by atoms with Crippen LogP contribution in [0.25, 0.3) is 11.6 Å². The van der Waals surface area contributed by atoms with Crippen molar-refractivity contribution in [2.24, 2.45) is 0 Å². The van der Waals surface area contributed by atoms with Gasteiger partial charge in [-0.3, -0.25) is 4.79 Å². The number of aryl methyl sites for hydroxylation is 1. The minimum Gasteiger partial charge on any atom is -0.406 e. The molecule has 0 aliphatic rings. The van der Waals surface area contributed by atoms with Gasteiger partial charge in [0, 0.05) is 12.1 Å². The minimum absolute atomic E-state index is 0.0392. The number of hydrogen-bond acceptors (Lipinski definition) is 7. The Labute approximate surface area is 150 Å². The zero-order chi connectivity index (χ0) is 19.4. The fourth-order valence-electron chi connectivity index (χ4n) is 2.13. The highest BCUT2D eigenvalue weighted by atomic mass is 19.4. The Morgan fingerprint density at radius 1 is 1.37 bits per heavy atom. The summed E-state index contributed by atoms with van der Waals surface area (Å²) in [5.74, 6) is -0.325. The van der Waals surface area contributed by atoms with Gasteiger partial charge in [0.15, 0.2) is 11.5 Å². The number of carbonyl (C=O) groups is 1. The van der Waals surface area contributed by atoms with Gasteiger partial charge < -0.3 is 14.6 Å². The first kappa shape index (κ1) is 18.4. The lowest BCUT2D eigenvalue weighted by molar-refractivity contribution is -0.274. The fraction of sp³-hybridized carbons (Fsp3) is 0.267. The third-order valence-electron chi connectivity index (χ3n) is 3.24. The number of hydrogen-bond donors (Lipinski definition) is 1. The highest BCUT2D eigenvalue weighted by Gasteiger charge is 2.31. The van der Waals surface area contributed by atoms with E-state index in [9.17, 15) is 18.0 Å². The standard InChI is InChI=1S/C15H13F3N6O3/c1-9-20-14(27-22-9)12-8-24(23-21-12)6-5-19-13(25)10-3-2-4-11(7-10)26-15(16,17)18/h2-4,7-8H,5-6H2,1H3,(H,19,25). The van der Waals surface area contributed by atoms with Gasteiger partial charge in [-0.1, -0.05) is 16.4 Å². The number of nitrogens with zero attached hydrogens (tertiary/aromatic N) is 5. The molecular formula is C15H13F3N6O3. The molecule has 0 aliphatic heterocycles. The van der Waals surface area contributed by atoms with Gasteiger partial charge in [0.05, 0.1) is 12.7 Å². The quantitative estimate of drug-likeness (QED) is 0.694.